The normalized spacial score (nSPS) is 10.6. The molecule has 0 saturated heterocycles. The van der Waals surface area contributed by atoms with Crippen LogP contribution in [0.4, 0.5) is 8.63 Å². The zero-order valence-corrected chi connectivity index (χ0v) is 11.2. The summed E-state index contributed by atoms with van der Waals surface area (Å²) < 4.78 is 32.0. The van der Waals surface area contributed by atoms with Gasteiger partial charge in [0.15, 0.2) is 6.39 Å². The summed E-state index contributed by atoms with van der Waals surface area (Å²) in [5.41, 5.74) is 2.62. The minimum Gasteiger partial charge on any atom is -0.451 e. The van der Waals surface area contributed by atoms with E-state index >= 15 is 0 Å². The molecule has 1 aromatic heterocycles. The number of benzene rings is 2. The first-order chi connectivity index (χ1) is 10.3. The van der Waals surface area contributed by atoms with E-state index in [-0.39, 0.29) is 5.46 Å². The molecule has 21 heavy (non-hydrogen) atoms. The van der Waals surface area contributed by atoms with Crippen molar-refractivity contribution in [3.8, 4) is 11.1 Å². The first-order valence-corrected chi connectivity index (χ1v) is 6.58. The summed E-state index contributed by atoms with van der Waals surface area (Å²) in [7, 11) is -2.54. The summed E-state index contributed by atoms with van der Waals surface area (Å²) >= 11 is 0. The largest absolute Gasteiger partial charge is 0.572 e. The highest BCUT2D eigenvalue weighted by atomic mass is 19.2. The molecule has 104 valence electrons. The van der Waals surface area contributed by atoms with Crippen molar-refractivity contribution in [2.24, 2.45) is 0 Å². The summed E-state index contributed by atoms with van der Waals surface area (Å²) in [6.07, 6.45) is 3.11. The quantitative estimate of drug-likeness (QED) is 0.684. The Hall–Kier alpha value is -2.43. The fourth-order valence-electron chi connectivity index (χ4n) is 2.41. The van der Waals surface area contributed by atoms with Crippen molar-refractivity contribution in [2.45, 2.75) is 6.42 Å². The molecule has 0 N–H and O–H groups in total. The molecule has 2 nitrogen and oxygen atoms in total. The molecule has 0 unspecified atom stereocenters. The van der Waals surface area contributed by atoms with Gasteiger partial charge >= 0.3 is 7.27 Å². The summed E-state index contributed by atoms with van der Waals surface area (Å²) in [5, 5.41) is 0. The van der Waals surface area contributed by atoms with E-state index in [4.69, 9.17) is 4.42 Å². The molecular formula is C16H12BF2NO. The maximum Gasteiger partial charge on any atom is 0.572 e. The monoisotopic (exact) mass is 283 g/mol. The topological polar surface area (TPSA) is 26.0 Å². The average molecular weight is 283 g/mol. The fraction of sp³-hybridized carbons (Fsp3) is 0.0625. The molecule has 2 aromatic carbocycles. The van der Waals surface area contributed by atoms with Crippen LogP contribution in [0.15, 0.2) is 65.6 Å². The Labute approximate surface area is 121 Å². The highest BCUT2D eigenvalue weighted by Gasteiger charge is 2.25. The molecular weight excluding hydrogens is 271 g/mol. The first-order valence-electron chi connectivity index (χ1n) is 6.58. The third-order valence-corrected chi connectivity index (χ3v) is 3.35. The molecule has 0 aliphatic heterocycles. The van der Waals surface area contributed by atoms with Crippen LogP contribution in [0.3, 0.4) is 0 Å². The van der Waals surface area contributed by atoms with Gasteiger partial charge in [0.25, 0.3) is 0 Å². The van der Waals surface area contributed by atoms with E-state index in [1.807, 2.05) is 30.3 Å². The Morgan fingerprint density at radius 2 is 1.81 bits per heavy atom. The molecule has 0 saturated carbocycles. The molecule has 3 aromatic rings. The van der Waals surface area contributed by atoms with Gasteiger partial charge in [0.05, 0.1) is 5.69 Å². The molecule has 3 rings (SSSR count). The zero-order chi connectivity index (χ0) is 14.7. The molecule has 0 amide bonds. The average Bonchev–Trinajstić information content (AvgIpc) is 3.00. The van der Waals surface area contributed by atoms with Crippen LogP contribution in [-0.4, -0.2) is 12.3 Å². The highest BCUT2D eigenvalue weighted by molar-refractivity contribution is 6.62. The van der Waals surface area contributed by atoms with Gasteiger partial charge in [-0.3, -0.25) is 8.63 Å². The second-order valence-electron chi connectivity index (χ2n) is 4.70. The van der Waals surface area contributed by atoms with Gasteiger partial charge < -0.3 is 4.42 Å². The van der Waals surface area contributed by atoms with E-state index in [1.54, 1.807) is 18.2 Å². The summed E-state index contributed by atoms with van der Waals surface area (Å²) in [4.78, 5) is 4.00. The molecule has 1 heterocycles. The standard InChI is InChI=1S/C16H12BF2NO/c18-17(19)16-13(9-14-10-21-11-20-14)7-4-8-15(16)12-5-2-1-3-6-12/h1-8,10-11H,9H2. The van der Waals surface area contributed by atoms with Crippen LogP contribution in [0, 0.1) is 0 Å². The van der Waals surface area contributed by atoms with Crippen molar-refractivity contribution in [1.29, 1.82) is 0 Å². The van der Waals surface area contributed by atoms with Crippen molar-refractivity contribution in [2.75, 3.05) is 0 Å². The molecule has 0 radical (unpaired) electrons. The number of hydrogen-bond donors (Lipinski definition) is 0. The zero-order valence-electron chi connectivity index (χ0n) is 11.2. The second kappa shape index (κ2) is 5.91. The van der Waals surface area contributed by atoms with E-state index in [0.717, 1.165) is 5.56 Å². The molecule has 0 atom stereocenters. The lowest BCUT2D eigenvalue weighted by atomic mass is 9.75. The van der Waals surface area contributed by atoms with E-state index in [0.29, 0.717) is 23.2 Å². The van der Waals surface area contributed by atoms with E-state index in [2.05, 4.69) is 4.98 Å². The van der Waals surface area contributed by atoms with Crippen molar-refractivity contribution in [3.05, 3.63) is 72.4 Å². The van der Waals surface area contributed by atoms with Crippen molar-refractivity contribution in [1.82, 2.24) is 4.98 Å². The number of rotatable bonds is 4. The SMILES string of the molecule is FB(F)c1c(Cc2cocn2)cccc1-c1ccccc1. The third kappa shape index (κ3) is 2.87. The minimum atomic E-state index is -2.54. The second-order valence-corrected chi connectivity index (χ2v) is 4.70. The van der Waals surface area contributed by atoms with Crippen molar-refractivity contribution in [3.63, 3.8) is 0 Å². The lowest BCUT2D eigenvalue weighted by molar-refractivity contribution is 0.556. The van der Waals surface area contributed by atoms with Crippen LogP contribution in [0.5, 0.6) is 0 Å². The van der Waals surface area contributed by atoms with Gasteiger partial charge in [-0.1, -0.05) is 48.5 Å². The molecule has 0 fully saturated rings. The summed E-state index contributed by atoms with van der Waals surface area (Å²) in [5.74, 6) is 0. The first kappa shape index (κ1) is 13.6. The number of aromatic nitrogens is 1. The van der Waals surface area contributed by atoms with Gasteiger partial charge in [0.2, 0.25) is 0 Å². The lowest BCUT2D eigenvalue weighted by Crippen LogP contribution is -2.27. The number of oxazole rings is 1. The Morgan fingerprint density at radius 1 is 1.00 bits per heavy atom. The smallest absolute Gasteiger partial charge is 0.451 e. The Morgan fingerprint density at radius 3 is 2.48 bits per heavy atom. The van der Waals surface area contributed by atoms with E-state index in [9.17, 15) is 8.63 Å². The molecule has 0 spiro atoms. The number of nitrogens with zero attached hydrogens (tertiary/aromatic N) is 1. The summed E-state index contributed by atoms with van der Waals surface area (Å²) in [6, 6.07) is 14.5. The van der Waals surface area contributed by atoms with Crippen LogP contribution < -0.4 is 5.46 Å². The van der Waals surface area contributed by atoms with E-state index < -0.39 is 7.27 Å². The van der Waals surface area contributed by atoms with Crippen LogP contribution in [0.2, 0.25) is 0 Å². The molecule has 0 bridgehead atoms. The van der Waals surface area contributed by atoms with Gasteiger partial charge in [0.1, 0.15) is 6.26 Å². The Balaban J connectivity index is 2.09. The fourth-order valence-corrected chi connectivity index (χ4v) is 2.41. The maximum absolute atomic E-state index is 13.6. The van der Waals surface area contributed by atoms with Gasteiger partial charge in [-0.25, -0.2) is 4.98 Å². The number of hydrogen-bond acceptors (Lipinski definition) is 2. The van der Waals surface area contributed by atoms with Crippen molar-refractivity contribution >= 4 is 12.7 Å². The van der Waals surface area contributed by atoms with Gasteiger partial charge in [-0.15, -0.1) is 0 Å². The minimum absolute atomic E-state index is 0.0618. The van der Waals surface area contributed by atoms with Gasteiger partial charge in [-0.2, -0.15) is 0 Å². The van der Waals surface area contributed by atoms with Gasteiger partial charge in [0, 0.05) is 11.9 Å². The molecule has 5 heteroatoms. The Kier molecular flexibility index (Phi) is 3.82. The highest BCUT2D eigenvalue weighted by Crippen LogP contribution is 2.21. The summed E-state index contributed by atoms with van der Waals surface area (Å²) in [6.45, 7) is 0. The predicted molar refractivity (Wildman–Crippen MR) is 78.8 cm³/mol. The van der Waals surface area contributed by atoms with Crippen LogP contribution in [0.25, 0.3) is 11.1 Å². The lowest BCUT2D eigenvalue weighted by Gasteiger charge is -2.12. The Bertz CT molecular complexity index is 714. The maximum atomic E-state index is 13.6. The van der Waals surface area contributed by atoms with Crippen LogP contribution in [0.1, 0.15) is 11.3 Å². The van der Waals surface area contributed by atoms with E-state index in [1.165, 1.54) is 12.7 Å². The predicted octanol–water partition coefficient (Wildman–Crippen LogP) is 3.57. The number of halogens is 2. The van der Waals surface area contributed by atoms with Gasteiger partial charge in [-0.05, 0) is 16.7 Å². The van der Waals surface area contributed by atoms with Crippen LogP contribution in [-0.2, 0) is 6.42 Å². The molecule has 0 aliphatic carbocycles. The van der Waals surface area contributed by atoms with Crippen LogP contribution >= 0.6 is 0 Å². The third-order valence-electron chi connectivity index (χ3n) is 3.35. The van der Waals surface area contributed by atoms with Crippen molar-refractivity contribution < 1.29 is 13.0 Å². The molecule has 0 aliphatic rings.